The van der Waals surface area contributed by atoms with Crippen molar-refractivity contribution in [1.82, 2.24) is 9.55 Å². The van der Waals surface area contributed by atoms with Gasteiger partial charge in [0.25, 0.3) is 0 Å². The van der Waals surface area contributed by atoms with E-state index in [4.69, 9.17) is 4.74 Å². The zero-order valence-electron chi connectivity index (χ0n) is 13.3. The molecule has 2 aromatic rings. The van der Waals surface area contributed by atoms with Crippen molar-refractivity contribution in [2.45, 2.75) is 45.7 Å². The third kappa shape index (κ3) is 4.08. The Kier molecular flexibility index (Phi) is 5.82. The number of rotatable bonds is 8. The van der Waals surface area contributed by atoms with Crippen molar-refractivity contribution in [3.63, 3.8) is 0 Å². The van der Waals surface area contributed by atoms with Crippen LogP contribution in [0.3, 0.4) is 0 Å². The minimum atomic E-state index is 0.268. The number of nitrogens with one attached hydrogen (secondary N) is 1. The van der Waals surface area contributed by atoms with E-state index < -0.39 is 0 Å². The zero-order valence-corrected chi connectivity index (χ0v) is 14.1. The standard InChI is InChI=1S/C16H25N3OS/c1-5-7-14(15-8-6-9-21-15)18-16-17-12(2)10-19(16)13(3)11-20-4/h6,8-10,13-14H,5,7,11H2,1-4H3,(H,17,18). The first-order chi connectivity index (χ1) is 10.2. The summed E-state index contributed by atoms with van der Waals surface area (Å²) in [6.45, 7) is 7.08. The average Bonchev–Trinajstić information content (AvgIpc) is 3.08. The lowest BCUT2D eigenvalue weighted by Gasteiger charge is -2.21. The van der Waals surface area contributed by atoms with Gasteiger partial charge in [-0.25, -0.2) is 4.98 Å². The molecule has 0 aliphatic rings. The van der Waals surface area contributed by atoms with Crippen LogP contribution >= 0.6 is 11.3 Å². The minimum absolute atomic E-state index is 0.268. The Balaban J connectivity index is 2.20. The molecular formula is C16H25N3OS. The molecule has 2 atom stereocenters. The summed E-state index contributed by atoms with van der Waals surface area (Å²) in [5.74, 6) is 0.934. The van der Waals surface area contributed by atoms with Crippen LogP contribution in [0.4, 0.5) is 5.95 Å². The van der Waals surface area contributed by atoms with E-state index in [2.05, 4.69) is 52.4 Å². The number of imidazole rings is 1. The maximum absolute atomic E-state index is 5.27. The summed E-state index contributed by atoms with van der Waals surface area (Å²) in [6.07, 6.45) is 4.33. The number of ether oxygens (including phenoxy) is 1. The molecule has 4 nitrogen and oxygen atoms in total. The molecule has 0 saturated heterocycles. The second-order valence-electron chi connectivity index (χ2n) is 5.42. The fourth-order valence-corrected chi connectivity index (χ4v) is 3.31. The Bertz CT molecular complexity index is 536. The van der Waals surface area contributed by atoms with Crippen LogP contribution in [0.5, 0.6) is 0 Å². The first kappa shape index (κ1) is 16.0. The Morgan fingerprint density at radius 2 is 2.29 bits per heavy atom. The number of hydrogen-bond donors (Lipinski definition) is 1. The van der Waals surface area contributed by atoms with Gasteiger partial charge in [0.1, 0.15) is 0 Å². The first-order valence-electron chi connectivity index (χ1n) is 7.50. The highest BCUT2D eigenvalue weighted by Gasteiger charge is 2.17. The largest absolute Gasteiger partial charge is 0.383 e. The van der Waals surface area contributed by atoms with Gasteiger partial charge < -0.3 is 14.6 Å². The smallest absolute Gasteiger partial charge is 0.203 e. The van der Waals surface area contributed by atoms with E-state index in [1.165, 1.54) is 4.88 Å². The van der Waals surface area contributed by atoms with Crippen LogP contribution in [0.25, 0.3) is 0 Å². The summed E-state index contributed by atoms with van der Waals surface area (Å²) in [5, 5.41) is 5.75. The van der Waals surface area contributed by atoms with Crippen LogP contribution in [-0.4, -0.2) is 23.3 Å². The fraction of sp³-hybridized carbons (Fsp3) is 0.562. The van der Waals surface area contributed by atoms with Gasteiger partial charge in [-0.15, -0.1) is 11.3 Å². The van der Waals surface area contributed by atoms with Crippen molar-refractivity contribution in [3.05, 3.63) is 34.3 Å². The average molecular weight is 307 g/mol. The van der Waals surface area contributed by atoms with Crippen molar-refractivity contribution in [2.75, 3.05) is 19.0 Å². The Morgan fingerprint density at radius 1 is 1.48 bits per heavy atom. The van der Waals surface area contributed by atoms with Crippen LogP contribution < -0.4 is 5.32 Å². The van der Waals surface area contributed by atoms with Crippen molar-refractivity contribution < 1.29 is 4.74 Å². The van der Waals surface area contributed by atoms with Crippen molar-refractivity contribution >= 4 is 17.3 Å². The van der Waals surface area contributed by atoms with E-state index in [0.717, 1.165) is 24.5 Å². The van der Waals surface area contributed by atoms with E-state index in [-0.39, 0.29) is 6.04 Å². The second kappa shape index (κ2) is 7.61. The molecule has 0 aliphatic carbocycles. The summed E-state index contributed by atoms with van der Waals surface area (Å²) in [5.41, 5.74) is 1.03. The predicted molar refractivity (Wildman–Crippen MR) is 89.1 cm³/mol. The van der Waals surface area contributed by atoms with E-state index in [1.807, 2.05) is 6.92 Å². The van der Waals surface area contributed by atoms with Crippen molar-refractivity contribution in [3.8, 4) is 0 Å². The molecule has 0 aromatic carbocycles. The van der Waals surface area contributed by atoms with Crippen molar-refractivity contribution in [1.29, 1.82) is 0 Å². The van der Waals surface area contributed by atoms with Crippen LogP contribution in [-0.2, 0) is 4.74 Å². The molecule has 1 N–H and O–H groups in total. The molecule has 2 unspecified atom stereocenters. The summed E-state index contributed by atoms with van der Waals surface area (Å²) in [6, 6.07) is 4.89. The van der Waals surface area contributed by atoms with Crippen LogP contribution in [0.2, 0.25) is 0 Å². The minimum Gasteiger partial charge on any atom is -0.383 e. The molecule has 2 aromatic heterocycles. The number of aromatic nitrogens is 2. The summed E-state index contributed by atoms with van der Waals surface area (Å²) < 4.78 is 7.45. The normalized spacial score (nSPS) is 14.1. The second-order valence-corrected chi connectivity index (χ2v) is 6.40. The van der Waals surface area contributed by atoms with E-state index in [9.17, 15) is 0 Å². The maximum Gasteiger partial charge on any atom is 0.203 e. The highest BCUT2D eigenvalue weighted by molar-refractivity contribution is 7.10. The fourth-order valence-electron chi connectivity index (χ4n) is 2.50. The van der Waals surface area contributed by atoms with Gasteiger partial charge in [-0.2, -0.15) is 0 Å². The maximum atomic E-state index is 5.27. The summed E-state index contributed by atoms with van der Waals surface area (Å²) in [7, 11) is 1.74. The number of nitrogens with zero attached hydrogens (tertiary/aromatic N) is 2. The van der Waals surface area contributed by atoms with Gasteiger partial charge in [-0.1, -0.05) is 19.4 Å². The SMILES string of the molecule is CCCC(Nc1nc(C)cn1C(C)COC)c1cccs1. The third-order valence-corrected chi connectivity index (χ3v) is 4.49. The Labute approximate surface area is 131 Å². The lowest BCUT2D eigenvalue weighted by atomic mass is 10.1. The molecule has 0 bridgehead atoms. The lowest BCUT2D eigenvalue weighted by molar-refractivity contribution is 0.163. The van der Waals surface area contributed by atoms with Crippen LogP contribution in [0.15, 0.2) is 23.7 Å². The van der Waals surface area contributed by atoms with Crippen molar-refractivity contribution in [2.24, 2.45) is 0 Å². The third-order valence-electron chi connectivity index (χ3n) is 3.50. The molecule has 2 heterocycles. The molecule has 21 heavy (non-hydrogen) atoms. The van der Waals surface area contributed by atoms with Gasteiger partial charge >= 0.3 is 0 Å². The molecule has 0 aliphatic heterocycles. The summed E-state index contributed by atoms with van der Waals surface area (Å²) in [4.78, 5) is 6.01. The van der Waals surface area contributed by atoms with Gasteiger partial charge in [-0.05, 0) is 31.7 Å². The lowest BCUT2D eigenvalue weighted by Crippen LogP contribution is -2.17. The molecular weight excluding hydrogens is 282 g/mol. The highest BCUT2D eigenvalue weighted by Crippen LogP contribution is 2.28. The molecule has 0 fully saturated rings. The van der Waals surface area contributed by atoms with Gasteiger partial charge in [0.15, 0.2) is 0 Å². The molecule has 0 amide bonds. The molecule has 0 radical (unpaired) electrons. The molecule has 5 heteroatoms. The topological polar surface area (TPSA) is 39.1 Å². The van der Waals surface area contributed by atoms with E-state index in [0.29, 0.717) is 12.6 Å². The number of hydrogen-bond acceptors (Lipinski definition) is 4. The zero-order chi connectivity index (χ0) is 15.2. The van der Waals surface area contributed by atoms with Gasteiger partial charge in [-0.3, -0.25) is 0 Å². The molecule has 0 spiro atoms. The number of thiophene rings is 1. The van der Waals surface area contributed by atoms with E-state index in [1.54, 1.807) is 18.4 Å². The summed E-state index contributed by atoms with van der Waals surface area (Å²) >= 11 is 1.80. The monoisotopic (exact) mass is 307 g/mol. The van der Waals surface area contributed by atoms with E-state index >= 15 is 0 Å². The first-order valence-corrected chi connectivity index (χ1v) is 8.38. The predicted octanol–water partition coefficient (Wildman–Crippen LogP) is 4.41. The van der Waals surface area contributed by atoms with Crippen LogP contribution in [0.1, 0.15) is 49.3 Å². The van der Waals surface area contributed by atoms with Gasteiger partial charge in [0, 0.05) is 18.2 Å². The van der Waals surface area contributed by atoms with Gasteiger partial charge in [0.05, 0.1) is 24.4 Å². The Morgan fingerprint density at radius 3 is 2.90 bits per heavy atom. The molecule has 116 valence electrons. The highest BCUT2D eigenvalue weighted by atomic mass is 32.1. The number of anilines is 1. The quantitative estimate of drug-likeness (QED) is 0.785. The Hall–Kier alpha value is -1.33. The number of aryl methyl sites for hydroxylation is 1. The van der Waals surface area contributed by atoms with Gasteiger partial charge in [0.2, 0.25) is 5.95 Å². The molecule has 2 rings (SSSR count). The number of methoxy groups -OCH3 is 1. The molecule has 0 saturated carbocycles. The van der Waals surface area contributed by atoms with Crippen LogP contribution in [0, 0.1) is 6.92 Å².